The van der Waals surface area contributed by atoms with Crippen molar-refractivity contribution in [1.29, 1.82) is 0 Å². The molecule has 0 aromatic heterocycles. The molecule has 0 saturated carbocycles. The fourth-order valence-corrected chi connectivity index (χ4v) is 6.72. The van der Waals surface area contributed by atoms with E-state index in [1.807, 2.05) is 25.1 Å². The number of carbonyl (C=O) groups is 2. The van der Waals surface area contributed by atoms with Gasteiger partial charge in [-0.15, -0.1) is 0 Å². The van der Waals surface area contributed by atoms with Gasteiger partial charge in [0, 0.05) is 35.7 Å². The second kappa shape index (κ2) is 15.0. The monoisotopic (exact) mass is 725 g/mol. The van der Waals surface area contributed by atoms with Crippen molar-refractivity contribution in [3.63, 3.8) is 0 Å². The van der Waals surface area contributed by atoms with Crippen molar-refractivity contribution in [2.45, 2.75) is 68.9 Å². The number of carboxylic acid groups (broad SMARTS) is 1. The van der Waals surface area contributed by atoms with Crippen molar-refractivity contribution >= 4 is 11.9 Å². The minimum atomic E-state index is -1.68. The van der Waals surface area contributed by atoms with Gasteiger partial charge in [0.2, 0.25) is 6.79 Å². The molecule has 3 aromatic rings. The highest BCUT2D eigenvalue weighted by Gasteiger charge is 2.48. The first kappa shape index (κ1) is 35.6. The highest BCUT2D eigenvalue weighted by Crippen LogP contribution is 2.55. The van der Waals surface area contributed by atoms with E-state index in [0.29, 0.717) is 47.2 Å². The van der Waals surface area contributed by atoms with Crippen LogP contribution < -0.4 is 29.6 Å². The maximum atomic E-state index is 11.8. The summed E-state index contributed by atoms with van der Waals surface area (Å²) >= 11 is 0. The van der Waals surface area contributed by atoms with E-state index in [1.165, 1.54) is 0 Å². The number of aromatic hydroxyl groups is 1. The van der Waals surface area contributed by atoms with E-state index in [0.717, 1.165) is 16.7 Å². The second-order valence-electron chi connectivity index (χ2n) is 12.8. The lowest BCUT2D eigenvalue weighted by Crippen LogP contribution is -2.60. The number of aryl methyl sites for hydroxylation is 1. The van der Waals surface area contributed by atoms with Crippen LogP contribution in [0.4, 0.5) is 0 Å². The van der Waals surface area contributed by atoms with Gasteiger partial charge >= 0.3 is 11.9 Å². The maximum absolute atomic E-state index is 11.8. The number of aliphatic hydroxyl groups is 2. The van der Waals surface area contributed by atoms with E-state index in [9.17, 15) is 24.9 Å². The average Bonchev–Trinajstić information content (AvgIpc) is 3.73. The van der Waals surface area contributed by atoms with Gasteiger partial charge < -0.3 is 64.2 Å². The summed E-state index contributed by atoms with van der Waals surface area (Å²) in [5.74, 6) is 0.145. The Hall–Kier alpha value is -4.84. The fraction of sp³-hybridized carbons (Fsp3) is 0.444. The van der Waals surface area contributed by atoms with Crippen molar-refractivity contribution < 1.29 is 72.9 Å². The van der Waals surface area contributed by atoms with Crippen LogP contribution in [0.3, 0.4) is 0 Å². The molecule has 7 atom stereocenters. The van der Waals surface area contributed by atoms with Crippen LogP contribution in [0.2, 0.25) is 0 Å². The first-order valence-electron chi connectivity index (χ1n) is 16.9. The number of ether oxygens (including phenoxy) is 7. The van der Waals surface area contributed by atoms with Crippen LogP contribution in [0.25, 0.3) is 0 Å². The first-order chi connectivity index (χ1) is 25.1. The van der Waals surface area contributed by atoms with Crippen molar-refractivity contribution in [3.8, 4) is 34.5 Å². The van der Waals surface area contributed by atoms with Crippen LogP contribution in [0.15, 0.2) is 42.5 Å². The van der Waals surface area contributed by atoms with E-state index in [4.69, 9.17) is 53.8 Å². The summed E-state index contributed by atoms with van der Waals surface area (Å²) in [6.45, 7) is 1.93. The van der Waals surface area contributed by atoms with E-state index in [2.05, 4.69) is 0 Å². The number of carbonyl (C=O) groups excluding carboxylic acids is 1. The number of aliphatic carboxylic acids is 1. The molecule has 4 heterocycles. The third-order valence-corrected chi connectivity index (χ3v) is 9.28. The number of hydrogen-bond donors (Lipinski definition) is 5. The molecule has 4 aliphatic heterocycles. The van der Waals surface area contributed by atoms with Crippen LogP contribution in [0.5, 0.6) is 34.5 Å². The number of esters is 1. The molecule has 16 heteroatoms. The van der Waals surface area contributed by atoms with Gasteiger partial charge in [-0.1, -0.05) is 13.0 Å². The predicted octanol–water partition coefficient (Wildman–Crippen LogP) is 2.00. The smallest absolute Gasteiger partial charge is 0.317 e. The topological polar surface area (TPSA) is 224 Å². The number of nitrogens with two attached hydrogens (primary N) is 1. The van der Waals surface area contributed by atoms with Gasteiger partial charge in [0.15, 0.2) is 29.6 Å². The normalized spacial score (nSPS) is 25.3. The van der Waals surface area contributed by atoms with Crippen LogP contribution in [-0.4, -0.2) is 96.2 Å². The number of fused-ring (bicyclic) bond motifs is 6. The highest BCUT2D eigenvalue weighted by molar-refractivity contribution is 5.90. The summed E-state index contributed by atoms with van der Waals surface area (Å²) in [7, 11) is 0. The Labute approximate surface area is 297 Å². The number of aliphatic hydroxyl groups excluding tert-OH is 2. The third kappa shape index (κ3) is 7.26. The number of carboxylic acids is 1. The van der Waals surface area contributed by atoms with Crippen LogP contribution in [0.1, 0.15) is 53.2 Å². The molecule has 0 spiro atoms. The minimum absolute atomic E-state index is 0.0297. The van der Waals surface area contributed by atoms with Gasteiger partial charge in [-0.3, -0.25) is 9.59 Å². The van der Waals surface area contributed by atoms with Crippen molar-refractivity contribution in [2.24, 2.45) is 5.73 Å². The van der Waals surface area contributed by atoms with E-state index in [1.54, 1.807) is 24.3 Å². The van der Waals surface area contributed by atoms with E-state index < -0.39 is 61.8 Å². The summed E-state index contributed by atoms with van der Waals surface area (Å²) in [5, 5.41) is 41.3. The summed E-state index contributed by atoms with van der Waals surface area (Å²) in [4.78, 5) is 34.5. The summed E-state index contributed by atoms with van der Waals surface area (Å²) in [6.07, 6.45) is -7.76. The lowest BCUT2D eigenvalue weighted by atomic mass is 9.88. The molecule has 16 nitrogen and oxygen atoms in total. The molecule has 1 saturated heterocycles. The number of benzene rings is 3. The molecule has 4 aliphatic rings. The zero-order valence-electron chi connectivity index (χ0n) is 28.1. The number of phenols is 1. The molecule has 0 bridgehead atoms. The molecule has 7 rings (SSSR count). The summed E-state index contributed by atoms with van der Waals surface area (Å²) in [6, 6.07) is 12.5. The molecule has 3 aromatic carbocycles. The first-order valence-corrected chi connectivity index (χ1v) is 16.9. The second-order valence-corrected chi connectivity index (χ2v) is 12.8. The number of hydrogen-bond acceptors (Lipinski definition) is 15. The molecule has 7 unspecified atom stereocenters. The molecule has 52 heavy (non-hydrogen) atoms. The average molecular weight is 726 g/mol. The molecule has 0 amide bonds. The van der Waals surface area contributed by atoms with Crippen molar-refractivity contribution in [2.75, 3.05) is 33.2 Å². The largest absolute Gasteiger partial charge is 0.508 e. The van der Waals surface area contributed by atoms with Crippen LogP contribution >= 0.6 is 0 Å². The van der Waals surface area contributed by atoms with Crippen LogP contribution in [0, 0.1) is 0 Å². The summed E-state index contributed by atoms with van der Waals surface area (Å²) in [5.41, 5.74) is 9.55. The molecular weight excluding hydrogens is 686 g/mol. The van der Waals surface area contributed by atoms with Crippen molar-refractivity contribution in [1.82, 2.24) is 0 Å². The quantitative estimate of drug-likeness (QED) is 0.0735. The molecule has 278 valence electrons. The van der Waals surface area contributed by atoms with Gasteiger partial charge in [-0.2, -0.15) is 4.89 Å². The molecule has 0 aliphatic carbocycles. The predicted molar refractivity (Wildman–Crippen MR) is 175 cm³/mol. The Balaban J connectivity index is 1.17. The van der Waals surface area contributed by atoms with Gasteiger partial charge in [-0.05, 0) is 47.9 Å². The molecule has 6 N–H and O–H groups in total. The zero-order chi connectivity index (χ0) is 36.5. The Morgan fingerprint density at radius 3 is 2.48 bits per heavy atom. The van der Waals surface area contributed by atoms with Crippen LogP contribution in [-0.2, 0) is 41.5 Å². The lowest BCUT2D eigenvalue weighted by Gasteiger charge is -2.41. The Morgan fingerprint density at radius 2 is 1.71 bits per heavy atom. The Kier molecular flexibility index (Phi) is 10.3. The zero-order valence-corrected chi connectivity index (χ0v) is 28.1. The minimum Gasteiger partial charge on any atom is -0.508 e. The van der Waals surface area contributed by atoms with Gasteiger partial charge in [-0.25, -0.2) is 0 Å². The van der Waals surface area contributed by atoms with E-state index in [-0.39, 0.29) is 43.8 Å². The van der Waals surface area contributed by atoms with Gasteiger partial charge in [0.1, 0.15) is 54.7 Å². The SMILES string of the molecule is CCc1cc(O)cc(Cc2cc3c(cc2OOC2C(OCCN)OC(COC(=O)CC(=O)O)C(O)C2O)C2Oc4cc5c(cc4C2CO3)OCO5)c1. The van der Waals surface area contributed by atoms with Gasteiger partial charge in [0.25, 0.3) is 0 Å². The third-order valence-electron chi connectivity index (χ3n) is 9.28. The highest BCUT2D eigenvalue weighted by atomic mass is 17.2. The lowest BCUT2D eigenvalue weighted by molar-refractivity contribution is -0.372. The van der Waals surface area contributed by atoms with Crippen molar-refractivity contribution in [3.05, 3.63) is 70.3 Å². The summed E-state index contributed by atoms with van der Waals surface area (Å²) < 4.78 is 40.3. The van der Waals surface area contributed by atoms with E-state index >= 15 is 0 Å². The molecule has 0 radical (unpaired) electrons. The molecular formula is C36H39NO15. The number of rotatable bonds is 13. The Morgan fingerprint density at radius 1 is 0.923 bits per heavy atom. The standard InChI is InChI=1S/C36H39NO15/c1-2-17-5-18(8-20(38)7-17)6-19-9-25-22(34-23(14-45-25)21-10-27-28(48-16-47-27)12-26(21)49-34)11-24(19)51-52-35-33(43)32(42)29(50-36(35)44-4-3-37)15-46-31(41)13-30(39)40/h5,7-12,23,29,32-36,38,42-43H,2-4,6,13-16,37H2,1H3,(H,39,40). The number of phenolic OH excluding ortho intramolecular Hbond substituents is 1. The fourth-order valence-electron chi connectivity index (χ4n) is 6.72. The maximum Gasteiger partial charge on any atom is 0.317 e. The molecule has 1 fully saturated rings. The Bertz CT molecular complexity index is 1820. The van der Waals surface area contributed by atoms with Gasteiger partial charge in [0.05, 0.1) is 19.1 Å².